The molecule has 7 nitrogen and oxygen atoms in total. The average Bonchev–Trinajstić information content (AvgIpc) is 2.83. The van der Waals surface area contributed by atoms with E-state index in [1.807, 2.05) is 30.3 Å². The predicted octanol–water partition coefficient (Wildman–Crippen LogP) is 3.05. The second-order valence-corrected chi connectivity index (χ2v) is 9.98. The molecule has 0 bridgehead atoms. The van der Waals surface area contributed by atoms with Gasteiger partial charge >= 0.3 is 0 Å². The van der Waals surface area contributed by atoms with Crippen LogP contribution in [0.3, 0.4) is 0 Å². The molecule has 1 saturated heterocycles. The number of unbranched alkanes of at least 4 members (excludes halogenated alkanes) is 1. The van der Waals surface area contributed by atoms with Gasteiger partial charge in [-0.1, -0.05) is 31.5 Å². The fourth-order valence-corrected chi connectivity index (χ4v) is 5.03. The van der Waals surface area contributed by atoms with Crippen LogP contribution in [0, 0.1) is 0 Å². The van der Waals surface area contributed by atoms with Gasteiger partial charge in [-0.3, -0.25) is 0 Å². The quantitative estimate of drug-likeness (QED) is 0.472. The molecule has 3 rings (SSSR count). The number of hydrogen-bond acceptors (Lipinski definition) is 6. The summed E-state index contributed by atoms with van der Waals surface area (Å²) < 4.78 is 38.6. The lowest BCUT2D eigenvalue weighted by molar-refractivity contribution is 0.101. The van der Waals surface area contributed by atoms with Gasteiger partial charge in [0.05, 0.1) is 11.5 Å². The predicted molar refractivity (Wildman–Crippen MR) is 125 cm³/mol. The molecule has 2 N–H and O–H groups in total. The third kappa shape index (κ3) is 7.20. The highest BCUT2D eigenvalue weighted by Gasteiger charge is 2.29. The van der Waals surface area contributed by atoms with Crippen molar-refractivity contribution in [1.82, 2.24) is 9.62 Å². The van der Waals surface area contributed by atoms with Gasteiger partial charge in [0.1, 0.15) is 24.2 Å². The Hall–Kier alpha value is -2.13. The first-order chi connectivity index (χ1) is 15.5. The Balaban J connectivity index is 1.41. The SMILES string of the molecule is CCCCOc1ccc(S(=O)(=O)N2CCC(NCC(O)COc3ccccc3)CC2)cc1. The lowest BCUT2D eigenvalue weighted by Crippen LogP contribution is -2.47. The molecule has 1 heterocycles. The molecule has 0 radical (unpaired) electrons. The largest absolute Gasteiger partial charge is 0.494 e. The monoisotopic (exact) mass is 462 g/mol. The maximum Gasteiger partial charge on any atom is 0.243 e. The average molecular weight is 463 g/mol. The lowest BCUT2D eigenvalue weighted by atomic mass is 10.1. The third-order valence-electron chi connectivity index (χ3n) is 5.51. The molecule has 1 unspecified atom stereocenters. The van der Waals surface area contributed by atoms with Crippen LogP contribution in [0.4, 0.5) is 0 Å². The molecule has 1 aliphatic heterocycles. The van der Waals surface area contributed by atoms with Crippen LogP contribution in [0.1, 0.15) is 32.6 Å². The molecular weight excluding hydrogens is 428 g/mol. The smallest absolute Gasteiger partial charge is 0.243 e. The number of aliphatic hydroxyl groups excluding tert-OH is 1. The van der Waals surface area contributed by atoms with Gasteiger partial charge in [0.25, 0.3) is 0 Å². The summed E-state index contributed by atoms with van der Waals surface area (Å²) in [6, 6.07) is 16.2. The van der Waals surface area contributed by atoms with E-state index < -0.39 is 16.1 Å². The van der Waals surface area contributed by atoms with Crippen molar-refractivity contribution in [2.75, 3.05) is 32.8 Å². The molecule has 1 aliphatic rings. The van der Waals surface area contributed by atoms with E-state index in [0.29, 0.717) is 49.7 Å². The number of ether oxygens (including phenoxy) is 2. The normalized spacial score (nSPS) is 16.6. The van der Waals surface area contributed by atoms with E-state index >= 15 is 0 Å². The van der Waals surface area contributed by atoms with Crippen LogP contribution in [-0.2, 0) is 10.0 Å². The van der Waals surface area contributed by atoms with Crippen molar-refractivity contribution in [3.05, 3.63) is 54.6 Å². The molecule has 0 spiro atoms. The zero-order chi connectivity index (χ0) is 22.8. The van der Waals surface area contributed by atoms with Crippen molar-refractivity contribution in [3.63, 3.8) is 0 Å². The molecule has 0 saturated carbocycles. The van der Waals surface area contributed by atoms with Crippen molar-refractivity contribution in [1.29, 1.82) is 0 Å². The van der Waals surface area contributed by atoms with Gasteiger partial charge in [-0.25, -0.2) is 8.42 Å². The van der Waals surface area contributed by atoms with Gasteiger partial charge in [-0.2, -0.15) is 4.31 Å². The molecule has 32 heavy (non-hydrogen) atoms. The number of nitrogens with zero attached hydrogens (tertiary/aromatic N) is 1. The summed E-state index contributed by atoms with van der Waals surface area (Å²) in [5, 5.41) is 13.5. The minimum Gasteiger partial charge on any atom is -0.494 e. The van der Waals surface area contributed by atoms with E-state index in [1.54, 1.807) is 24.3 Å². The maximum atomic E-state index is 13.0. The minimum atomic E-state index is -3.52. The van der Waals surface area contributed by atoms with Crippen molar-refractivity contribution < 1.29 is 23.0 Å². The van der Waals surface area contributed by atoms with Crippen LogP contribution in [0.15, 0.2) is 59.5 Å². The Bertz CT molecular complexity index is 898. The van der Waals surface area contributed by atoms with Crippen LogP contribution >= 0.6 is 0 Å². The fourth-order valence-electron chi connectivity index (χ4n) is 3.56. The second kappa shape index (κ2) is 12.2. The van der Waals surface area contributed by atoms with Crippen LogP contribution in [0.25, 0.3) is 0 Å². The van der Waals surface area contributed by atoms with Crippen molar-refractivity contribution >= 4 is 10.0 Å². The molecular formula is C24H34N2O5S. The Morgan fingerprint density at radius 1 is 1.03 bits per heavy atom. The van der Waals surface area contributed by atoms with Gasteiger partial charge in [0, 0.05) is 25.7 Å². The number of para-hydroxylation sites is 1. The summed E-state index contributed by atoms with van der Waals surface area (Å²) in [6.07, 6.45) is 2.79. The van der Waals surface area contributed by atoms with E-state index in [2.05, 4.69) is 12.2 Å². The Labute approximate surface area is 191 Å². The van der Waals surface area contributed by atoms with Crippen LogP contribution < -0.4 is 14.8 Å². The van der Waals surface area contributed by atoms with Crippen LogP contribution in [-0.4, -0.2) is 62.8 Å². The first-order valence-electron chi connectivity index (χ1n) is 11.3. The molecule has 1 fully saturated rings. The van der Waals surface area contributed by atoms with Crippen molar-refractivity contribution in [2.45, 2.75) is 49.6 Å². The summed E-state index contributed by atoms with van der Waals surface area (Å²) in [6.45, 7) is 4.25. The molecule has 0 aliphatic carbocycles. The van der Waals surface area contributed by atoms with E-state index in [-0.39, 0.29) is 12.6 Å². The second-order valence-electron chi connectivity index (χ2n) is 8.04. The number of aliphatic hydroxyl groups is 1. The highest BCUT2D eigenvalue weighted by molar-refractivity contribution is 7.89. The molecule has 0 aromatic heterocycles. The van der Waals surface area contributed by atoms with Crippen molar-refractivity contribution in [2.24, 2.45) is 0 Å². The van der Waals surface area contributed by atoms with Gasteiger partial charge in [0.2, 0.25) is 10.0 Å². The van der Waals surface area contributed by atoms with E-state index in [9.17, 15) is 13.5 Å². The van der Waals surface area contributed by atoms with Gasteiger partial charge in [-0.15, -0.1) is 0 Å². The Morgan fingerprint density at radius 2 is 1.69 bits per heavy atom. The molecule has 2 aromatic rings. The minimum absolute atomic E-state index is 0.169. The Morgan fingerprint density at radius 3 is 2.34 bits per heavy atom. The summed E-state index contributed by atoms with van der Waals surface area (Å²) in [5.41, 5.74) is 0. The van der Waals surface area contributed by atoms with Gasteiger partial charge < -0.3 is 19.9 Å². The molecule has 176 valence electrons. The summed E-state index contributed by atoms with van der Waals surface area (Å²) in [7, 11) is -3.52. The zero-order valence-corrected chi connectivity index (χ0v) is 19.5. The van der Waals surface area contributed by atoms with Gasteiger partial charge in [0.15, 0.2) is 0 Å². The molecule has 0 amide bonds. The lowest BCUT2D eigenvalue weighted by Gasteiger charge is -2.32. The summed E-state index contributed by atoms with van der Waals surface area (Å²) in [5.74, 6) is 1.42. The van der Waals surface area contributed by atoms with Crippen molar-refractivity contribution in [3.8, 4) is 11.5 Å². The highest BCUT2D eigenvalue weighted by Crippen LogP contribution is 2.23. The maximum absolute atomic E-state index is 13.0. The molecule has 1 atom stereocenters. The molecule has 2 aromatic carbocycles. The zero-order valence-electron chi connectivity index (χ0n) is 18.7. The number of rotatable bonds is 12. The van der Waals surface area contributed by atoms with E-state index in [1.165, 1.54) is 4.31 Å². The summed E-state index contributed by atoms with van der Waals surface area (Å²) >= 11 is 0. The first kappa shape index (κ1) is 24.5. The van der Waals surface area contributed by atoms with Crippen LogP contribution in [0.5, 0.6) is 11.5 Å². The van der Waals surface area contributed by atoms with E-state index in [4.69, 9.17) is 9.47 Å². The van der Waals surface area contributed by atoms with Crippen LogP contribution in [0.2, 0.25) is 0 Å². The topological polar surface area (TPSA) is 88.1 Å². The Kier molecular flexibility index (Phi) is 9.35. The fraction of sp³-hybridized carbons (Fsp3) is 0.500. The number of hydrogen-bond donors (Lipinski definition) is 2. The number of benzene rings is 2. The summed E-state index contributed by atoms with van der Waals surface area (Å²) in [4.78, 5) is 0.292. The number of nitrogens with one attached hydrogen (secondary N) is 1. The standard InChI is InChI=1S/C24H34N2O5S/c1-2-3-17-30-23-9-11-24(12-10-23)32(28,29)26-15-13-20(14-16-26)25-18-21(27)19-31-22-7-5-4-6-8-22/h4-12,20-21,25,27H,2-3,13-19H2,1H3. The number of sulfonamides is 1. The first-order valence-corrected chi connectivity index (χ1v) is 12.8. The molecule has 8 heteroatoms. The van der Waals surface area contributed by atoms with E-state index in [0.717, 1.165) is 18.6 Å². The highest BCUT2D eigenvalue weighted by atomic mass is 32.2. The number of piperidine rings is 1. The third-order valence-corrected chi connectivity index (χ3v) is 7.42. The van der Waals surface area contributed by atoms with Gasteiger partial charge in [-0.05, 0) is 55.7 Å².